The molecule has 2 heterocycles. The van der Waals surface area contributed by atoms with Crippen LogP contribution in [-0.2, 0) is 11.3 Å². The molecule has 0 N–H and O–H groups in total. The zero-order valence-corrected chi connectivity index (χ0v) is 21.1. The summed E-state index contributed by atoms with van der Waals surface area (Å²) >= 11 is 6.27. The lowest BCUT2D eigenvalue weighted by Crippen LogP contribution is -2.53. The molecule has 3 aromatic carbocycles. The smallest absolute Gasteiger partial charge is 0.236 e. The molecule has 0 atom stereocenters. The lowest BCUT2D eigenvalue weighted by atomic mass is 10.1. The van der Waals surface area contributed by atoms with Gasteiger partial charge < -0.3 is 14.5 Å². The lowest BCUT2D eigenvalue weighted by molar-refractivity contribution is -0.134. The maximum Gasteiger partial charge on any atom is 0.236 e. The van der Waals surface area contributed by atoms with Crippen molar-refractivity contribution in [3.63, 3.8) is 0 Å². The van der Waals surface area contributed by atoms with Gasteiger partial charge in [0.1, 0.15) is 5.75 Å². The third-order valence-corrected chi connectivity index (χ3v) is 7.44. The molecular weight excluding hydrogens is 460 g/mol. The summed E-state index contributed by atoms with van der Waals surface area (Å²) in [5.41, 5.74) is 2.42. The van der Waals surface area contributed by atoms with Crippen LogP contribution in [0.5, 0.6) is 5.75 Å². The highest BCUT2D eigenvalue weighted by molar-refractivity contribution is 6.31. The van der Waals surface area contributed by atoms with E-state index < -0.39 is 0 Å². The molecule has 3 aromatic rings. The highest BCUT2D eigenvalue weighted by Gasteiger charge is 2.25. The number of fused-ring (bicyclic) bond motifs is 1. The molecule has 7 heteroatoms. The summed E-state index contributed by atoms with van der Waals surface area (Å²) in [6.07, 6.45) is 0. The van der Waals surface area contributed by atoms with Crippen LogP contribution in [0.15, 0.2) is 60.7 Å². The van der Waals surface area contributed by atoms with E-state index in [0.717, 1.165) is 69.7 Å². The third-order valence-electron chi connectivity index (χ3n) is 7.20. The molecule has 2 aliphatic heterocycles. The van der Waals surface area contributed by atoms with Gasteiger partial charge >= 0.3 is 0 Å². The summed E-state index contributed by atoms with van der Waals surface area (Å²) in [6, 6.07) is 20.6. The molecule has 2 saturated heterocycles. The average Bonchev–Trinajstić information content (AvgIpc) is 2.89. The van der Waals surface area contributed by atoms with Gasteiger partial charge in [0.05, 0.1) is 13.7 Å². The minimum absolute atomic E-state index is 0.243. The molecule has 0 unspecified atom stereocenters. The Balaban J connectivity index is 1.11. The molecule has 184 valence electrons. The Morgan fingerprint density at radius 1 is 0.857 bits per heavy atom. The first-order valence-electron chi connectivity index (χ1n) is 12.4. The number of benzene rings is 3. The maximum absolute atomic E-state index is 13.0. The zero-order valence-electron chi connectivity index (χ0n) is 20.3. The second-order valence-electron chi connectivity index (χ2n) is 9.37. The molecule has 2 aliphatic rings. The minimum atomic E-state index is 0.243. The summed E-state index contributed by atoms with van der Waals surface area (Å²) in [5.74, 6) is 1.17. The zero-order chi connectivity index (χ0) is 24.2. The quantitative estimate of drug-likeness (QED) is 0.520. The Morgan fingerprint density at radius 3 is 2.37 bits per heavy atom. The number of rotatable bonds is 6. The first-order valence-corrected chi connectivity index (χ1v) is 12.8. The summed E-state index contributed by atoms with van der Waals surface area (Å²) < 4.78 is 5.49. The highest BCUT2D eigenvalue weighted by atomic mass is 35.5. The summed E-state index contributed by atoms with van der Waals surface area (Å²) in [4.78, 5) is 22.1. The SMILES string of the molecule is COc1ccccc1CN1CCN(C(=O)CN2CCN(c3cccc4ccc(Cl)cc34)CC2)CC1. The van der Waals surface area contributed by atoms with Crippen molar-refractivity contribution in [2.24, 2.45) is 0 Å². The third kappa shape index (κ3) is 5.56. The molecule has 5 rings (SSSR count). The average molecular weight is 493 g/mol. The van der Waals surface area contributed by atoms with Crippen LogP contribution in [-0.4, -0.2) is 86.6 Å². The van der Waals surface area contributed by atoms with Gasteiger partial charge in [-0.3, -0.25) is 14.6 Å². The van der Waals surface area contributed by atoms with Gasteiger partial charge in [-0.05, 0) is 29.7 Å². The lowest BCUT2D eigenvalue weighted by Gasteiger charge is -2.39. The summed E-state index contributed by atoms with van der Waals surface area (Å²) in [7, 11) is 1.72. The van der Waals surface area contributed by atoms with Gasteiger partial charge in [0.25, 0.3) is 0 Å². The number of para-hydroxylation sites is 1. The van der Waals surface area contributed by atoms with Crippen molar-refractivity contribution in [1.82, 2.24) is 14.7 Å². The van der Waals surface area contributed by atoms with Crippen molar-refractivity contribution in [3.05, 3.63) is 71.2 Å². The summed E-state index contributed by atoms with van der Waals surface area (Å²) in [5, 5.41) is 3.15. The first kappa shape index (κ1) is 23.9. The number of carbonyl (C=O) groups is 1. The van der Waals surface area contributed by atoms with E-state index in [9.17, 15) is 4.79 Å². The van der Waals surface area contributed by atoms with Crippen molar-refractivity contribution in [2.75, 3.05) is 70.9 Å². The molecule has 0 radical (unpaired) electrons. The Bertz CT molecular complexity index is 1170. The molecule has 6 nitrogen and oxygen atoms in total. The van der Waals surface area contributed by atoms with Crippen LogP contribution in [0, 0.1) is 0 Å². The number of hydrogen-bond acceptors (Lipinski definition) is 5. The van der Waals surface area contributed by atoms with Gasteiger partial charge in [-0.25, -0.2) is 0 Å². The fourth-order valence-corrected chi connectivity index (χ4v) is 5.34. The molecule has 0 saturated carbocycles. The predicted molar refractivity (Wildman–Crippen MR) is 142 cm³/mol. The summed E-state index contributed by atoms with van der Waals surface area (Å²) in [6.45, 7) is 8.29. The van der Waals surface area contributed by atoms with E-state index in [4.69, 9.17) is 16.3 Å². The second kappa shape index (κ2) is 10.9. The van der Waals surface area contributed by atoms with E-state index in [1.165, 1.54) is 22.0 Å². The Labute approximate surface area is 212 Å². The maximum atomic E-state index is 13.0. The number of piperazine rings is 2. The van der Waals surface area contributed by atoms with Crippen LogP contribution < -0.4 is 9.64 Å². The van der Waals surface area contributed by atoms with E-state index in [0.29, 0.717) is 6.54 Å². The van der Waals surface area contributed by atoms with Crippen molar-refractivity contribution in [3.8, 4) is 5.75 Å². The van der Waals surface area contributed by atoms with Gasteiger partial charge in [-0.15, -0.1) is 0 Å². The van der Waals surface area contributed by atoms with Crippen LogP contribution in [0.25, 0.3) is 10.8 Å². The van der Waals surface area contributed by atoms with Gasteiger partial charge in [0.2, 0.25) is 5.91 Å². The van der Waals surface area contributed by atoms with Gasteiger partial charge in [0.15, 0.2) is 0 Å². The number of methoxy groups -OCH3 is 1. The van der Waals surface area contributed by atoms with Gasteiger partial charge in [0, 0.05) is 80.6 Å². The number of ether oxygens (including phenoxy) is 1. The van der Waals surface area contributed by atoms with E-state index in [1.54, 1.807) is 7.11 Å². The van der Waals surface area contributed by atoms with E-state index in [-0.39, 0.29) is 5.91 Å². The predicted octanol–water partition coefficient (Wildman–Crippen LogP) is 3.97. The molecule has 35 heavy (non-hydrogen) atoms. The number of hydrogen-bond donors (Lipinski definition) is 0. The Hall–Kier alpha value is -2.80. The minimum Gasteiger partial charge on any atom is -0.496 e. The van der Waals surface area contributed by atoms with Crippen molar-refractivity contribution >= 4 is 34.0 Å². The molecule has 1 amide bonds. The number of amides is 1. The van der Waals surface area contributed by atoms with Gasteiger partial charge in [-0.2, -0.15) is 0 Å². The van der Waals surface area contributed by atoms with E-state index in [1.807, 2.05) is 29.2 Å². The number of carbonyl (C=O) groups excluding carboxylic acids is 1. The highest BCUT2D eigenvalue weighted by Crippen LogP contribution is 2.30. The van der Waals surface area contributed by atoms with Crippen molar-refractivity contribution in [2.45, 2.75) is 6.54 Å². The van der Waals surface area contributed by atoms with Crippen LogP contribution in [0.2, 0.25) is 5.02 Å². The molecule has 0 bridgehead atoms. The van der Waals surface area contributed by atoms with Gasteiger partial charge in [-0.1, -0.05) is 48.0 Å². The fraction of sp³-hybridized carbons (Fsp3) is 0.393. The standard InChI is InChI=1S/C28H33ClN4O2/c1-35-27-8-3-2-5-23(27)20-30-13-17-33(18-14-30)28(34)21-31-11-15-32(16-12-31)26-7-4-6-22-9-10-24(29)19-25(22)26/h2-10,19H,11-18,20-21H2,1H3. The normalized spacial score (nSPS) is 17.7. The van der Waals surface area contributed by atoms with Crippen molar-refractivity contribution in [1.29, 1.82) is 0 Å². The number of anilines is 1. The molecule has 2 fully saturated rings. The van der Waals surface area contributed by atoms with Crippen LogP contribution in [0.1, 0.15) is 5.56 Å². The molecular formula is C28H33ClN4O2. The van der Waals surface area contributed by atoms with Crippen molar-refractivity contribution < 1.29 is 9.53 Å². The van der Waals surface area contributed by atoms with E-state index in [2.05, 4.69) is 51.1 Å². The number of halogens is 1. The molecule has 0 aliphatic carbocycles. The largest absolute Gasteiger partial charge is 0.496 e. The Kier molecular flexibility index (Phi) is 7.42. The van der Waals surface area contributed by atoms with Crippen LogP contribution in [0.3, 0.4) is 0 Å². The molecule has 0 aromatic heterocycles. The monoisotopic (exact) mass is 492 g/mol. The first-order chi connectivity index (χ1) is 17.1. The number of nitrogens with zero attached hydrogens (tertiary/aromatic N) is 4. The Morgan fingerprint density at radius 2 is 1.60 bits per heavy atom. The van der Waals surface area contributed by atoms with Crippen LogP contribution in [0.4, 0.5) is 5.69 Å². The second-order valence-corrected chi connectivity index (χ2v) is 9.81. The topological polar surface area (TPSA) is 39.3 Å². The fourth-order valence-electron chi connectivity index (χ4n) is 5.17. The van der Waals surface area contributed by atoms with Crippen LogP contribution >= 0.6 is 11.6 Å². The van der Waals surface area contributed by atoms with E-state index >= 15 is 0 Å². The molecule has 0 spiro atoms.